The molecule has 0 atom stereocenters. The van der Waals surface area contributed by atoms with Crippen LogP contribution in [0.15, 0.2) is 89.8 Å². The van der Waals surface area contributed by atoms with Crippen LogP contribution in [0.5, 0.6) is 5.75 Å². The molecule has 0 aliphatic heterocycles. The van der Waals surface area contributed by atoms with E-state index in [1.165, 1.54) is 30.3 Å². The Hall–Kier alpha value is -3.58. The number of hydrogen-bond donors (Lipinski definition) is 2. The van der Waals surface area contributed by atoms with E-state index in [0.29, 0.717) is 17.1 Å². The minimum absolute atomic E-state index is 0.103. The second-order valence-corrected chi connectivity index (χ2v) is 7.78. The Bertz CT molecular complexity index is 1110. The van der Waals surface area contributed by atoms with Gasteiger partial charge in [0, 0.05) is 17.5 Å². The van der Waals surface area contributed by atoms with E-state index in [1.807, 2.05) is 24.3 Å². The van der Waals surface area contributed by atoms with Gasteiger partial charge in [-0.05, 0) is 60.2 Å². The minimum Gasteiger partial charge on any atom is -0.497 e. The number of benzene rings is 3. The van der Waals surface area contributed by atoms with Gasteiger partial charge in [-0.1, -0.05) is 30.3 Å². The summed E-state index contributed by atoms with van der Waals surface area (Å²) in [4.78, 5) is 12.2. The fraction of sp³-hybridized carbons (Fsp3) is 0.0455. The summed E-state index contributed by atoms with van der Waals surface area (Å²) in [5.74, 6) is 0.374. The molecule has 3 aromatic carbocycles. The molecule has 0 unspecified atom stereocenters. The van der Waals surface area contributed by atoms with Crippen molar-refractivity contribution in [2.45, 2.75) is 4.90 Å². The van der Waals surface area contributed by atoms with E-state index < -0.39 is 10.0 Å². The van der Waals surface area contributed by atoms with Gasteiger partial charge in [-0.2, -0.15) is 0 Å². The third-order valence-corrected chi connectivity index (χ3v) is 5.38. The second-order valence-electron chi connectivity index (χ2n) is 6.10. The second kappa shape index (κ2) is 9.07. The maximum absolute atomic E-state index is 12.4. The zero-order chi connectivity index (χ0) is 20.7. The highest BCUT2D eigenvalue weighted by atomic mass is 32.2. The Kier molecular flexibility index (Phi) is 6.31. The van der Waals surface area contributed by atoms with Crippen molar-refractivity contribution >= 4 is 33.4 Å². The Morgan fingerprint density at radius 3 is 2.31 bits per heavy atom. The Morgan fingerprint density at radius 2 is 1.62 bits per heavy atom. The lowest BCUT2D eigenvalue weighted by Gasteiger charge is -2.09. The van der Waals surface area contributed by atoms with Crippen molar-refractivity contribution in [2.75, 3.05) is 17.1 Å². The van der Waals surface area contributed by atoms with Gasteiger partial charge in [0.25, 0.3) is 10.0 Å². The number of carbonyl (C=O) groups excluding carboxylic acids is 1. The number of para-hydroxylation sites is 1. The van der Waals surface area contributed by atoms with E-state index in [-0.39, 0.29) is 10.8 Å². The number of methoxy groups -OCH3 is 1. The molecule has 7 heteroatoms. The van der Waals surface area contributed by atoms with Crippen molar-refractivity contribution in [1.82, 2.24) is 0 Å². The van der Waals surface area contributed by atoms with Crippen LogP contribution in [0.2, 0.25) is 0 Å². The first-order valence-electron chi connectivity index (χ1n) is 8.77. The first kappa shape index (κ1) is 20.2. The van der Waals surface area contributed by atoms with Gasteiger partial charge < -0.3 is 10.1 Å². The topological polar surface area (TPSA) is 84.5 Å². The molecule has 0 spiro atoms. The van der Waals surface area contributed by atoms with Crippen molar-refractivity contribution < 1.29 is 17.9 Å². The SMILES string of the molecule is COc1cccc(/C=C/C(=O)Nc2ccc(S(=O)(=O)Nc3ccccc3)cc2)c1. The van der Waals surface area contributed by atoms with Crippen molar-refractivity contribution in [3.8, 4) is 5.75 Å². The van der Waals surface area contributed by atoms with Crippen LogP contribution in [0.3, 0.4) is 0 Å². The highest BCUT2D eigenvalue weighted by molar-refractivity contribution is 7.92. The van der Waals surface area contributed by atoms with Crippen LogP contribution in [0.4, 0.5) is 11.4 Å². The third kappa shape index (κ3) is 5.70. The Labute approximate surface area is 169 Å². The molecule has 0 bridgehead atoms. The average molecular weight is 408 g/mol. The zero-order valence-corrected chi connectivity index (χ0v) is 16.5. The molecule has 0 aromatic heterocycles. The number of rotatable bonds is 7. The standard InChI is InChI=1S/C22H20N2O4S/c1-28-20-9-5-6-17(16-20)10-15-22(25)23-18-11-13-21(14-12-18)29(26,27)24-19-7-3-2-4-8-19/h2-16,24H,1H3,(H,23,25)/b15-10+. The number of ether oxygens (including phenoxy) is 1. The summed E-state index contributed by atoms with van der Waals surface area (Å²) in [5, 5.41) is 2.70. The van der Waals surface area contributed by atoms with Crippen LogP contribution < -0.4 is 14.8 Å². The molecule has 0 radical (unpaired) electrons. The van der Waals surface area contributed by atoms with E-state index in [1.54, 1.807) is 43.5 Å². The number of nitrogens with one attached hydrogen (secondary N) is 2. The van der Waals surface area contributed by atoms with E-state index in [9.17, 15) is 13.2 Å². The molecule has 0 heterocycles. The normalized spacial score (nSPS) is 11.2. The number of carbonyl (C=O) groups is 1. The molecule has 0 aliphatic carbocycles. The number of amides is 1. The minimum atomic E-state index is -3.70. The molecule has 29 heavy (non-hydrogen) atoms. The summed E-state index contributed by atoms with van der Waals surface area (Å²) in [6.07, 6.45) is 3.07. The van der Waals surface area contributed by atoms with Crippen LogP contribution in [-0.4, -0.2) is 21.4 Å². The van der Waals surface area contributed by atoms with Crippen molar-refractivity contribution in [1.29, 1.82) is 0 Å². The lowest BCUT2D eigenvalue weighted by atomic mass is 10.2. The molecule has 3 aromatic rings. The quantitative estimate of drug-likeness (QED) is 0.575. The van der Waals surface area contributed by atoms with E-state index in [4.69, 9.17) is 4.74 Å². The van der Waals surface area contributed by atoms with Gasteiger partial charge in [0.1, 0.15) is 5.75 Å². The van der Waals surface area contributed by atoms with Crippen LogP contribution in [0, 0.1) is 0 Å². The summed E-state index contributed by atoms with van der Waals surface area (Å²) in [6.45, 7) is 0. The average Bonchev–Trinajstić information content (AvgIpc) is 2.73. The van der Waals surface area contributed by atoms with Crippen LogP contribution in [0.1, 0.15) is 5.56 Å². The van der Waals surface area contributed by atoms with Gasteiger partial charge in [0.05, 0.1) is 12.0 Å². The van der Waals surface area contributed by atoms with Gasteiger partial charge in [-0.15, -0.1) is 0 Å². The predicted molar refractivity (Wildman–Crippen MR) is 114 cm³/mol. The molecule has 0 saturated heterocycles. The van der Waals surface area contributed by atoms with E-state index >= 15 is 0 Å². The molecule has 0 fully saturated rings. The van der Waals surface area contributed by atoms with Crippen molar-refractivity contribution in [3.05, 3.63) is 90.5 Å². The van der Waals surface area contributed by atoms with Crippen molar-refractivity contribution in [3.63, 3.8) is 0 Å². The molecule has 0 aliphatic rings. The summed E-state index contributed by atoms with van der Waals surface area (Å²) >= 11 is 0. The molecule has 3 rings (SSSR count). The van der Waals surface area contributed by atoms with E-state index in [2.05, 4.69) is 10.0 Å². The maximum Gasteiger partial charge on any atom is 0.261 e. The maximum atomic E-state index is 12.4. The largest absolute Gasteiger partial charge is 0.497 e. The summed E-state index contributed by atoms with van der Waals surface area (Å²) in [6, 6.07) is 21.9. The highest BCUT2D eigenvalue weighted by Crippen LogP contribution is 2.18. The van der Waals surface area contributed by atoms with Gasteiger partial charge in [-0.25, -0.2) is 8.42 Å². The molecule has 6 nitrogen and oxygen atoms in total. The summed E-state index contributed by atoms with van der Waals surface area (Å²) in [5.41, 5.74) is 1.80. The smallest absolute Gasteiger partial charge is 0.261 e. The first-order valence-corrected chi connectivity index (χ1v) is 10.3. The number of anilines is 2. The number of hydrogen-bond acceptors (Lipinski definition) is 4. The fourth-order valence-corrected chi connectivity index (χ4v) is 3.60. The third-order valence-electron chi connectivity index (χ3n) is 3.98. The fourth-order valence-electron chi connectivity index (χ4n) is 2.54. The van der Waals surface area contributed by atoms with Gasteiger partial charge in [-0.3, -0.25) is 9.52 Å². The number of sulfonamides is 1. The molecule has 0 saturated carbocycles. The molecule has 2 N–H and O–H groups in total. The molecular formula is C22H20N2O4S. The molecule has 1 amide bonds. The van der Waals surface area contributed by atoms with Crippen LogP contribution in [0.25, 0.3) is 6.08 Å². The predicted octanol–water partition coefficient (Wildman–Crippen LogP) is 4.15. The van der Waals surface area contributed by atoms with Gasteiger partial charge >= 0.3 is 0 Å². The first-order chi connectivity index (χ1) is 14.0. The molecular weight excluding hydrogens is 388 g/mol. The lowest BCUT2D eigenvalue weighted by molar-refractivity contribution is -0.111. The zero-order valence-electron chi connectivity index (χ0n) is 15.7. The lowest BCUT2D eigenvalue weighted by Crippen LogP contribution is -2.13. The van der Waals surface area contributed by atoms with Crippen LogP contribution >= 0.6 is 0 Å². The Morgan fingerprint density at radius 1 is 0.897 bits per heavy atom. The van der Waals surface area contributed by atoms with Crippen LogP contribution in [-0.2, 0) is 14.8 Å². The Balaban J connectivity index is 1.64. The highest BCUT2D eigenvalue weighted by Gasteiger charge is 2.14. The van der Waals surface area contributed by atoms with Gasteiger partial charge in [0.2, 0.25) is 5.91 Å². The van der Waals surface area contributed by atoms with E-state index in [0.717, 1.165) is 5.56 Å². The molecule has 148 valence electrons. The summed E-state index contributed by atoms with van der Waals surface area (Å²) in [7, 11) is -2.12. The summed E-state index contributed by atoms with van der Waals surface area (Å²) < 4.78 is 32.5. The van der Waals surface area contributed by atoms with Crippen molar-refractivity contribution in [2.24, 2.45) is 0 Å². The van der Waals surface area contributed by atoms with Gasteiger partial charge in [0.15, 0.2) is 0 Å². The monoisotopic (exact) mass is 408 g/mol.